The van der Waals surface area contributed by atoms with Crippen LogP contribution in [-0.2, 0) is 11.2 Å². The fourth-order valence-electron chi connectivity index (χ4n) is 4.75. The van der Waals surface area contributed by atoms with E-state index in [2.05, 4.69) is 30.5 Å². The van der Waals surface area contributed by atoms with Crippen LogP contribution >= 0.6 is 11.3 Å². The second-order valence-electron chi connectivity index (χ2n) is 9.42. The van der Waals surface area contributed by atoms with Gasteiger partial charge in [-0.05, 0) is 44.0 Å². The van der Waals surface area contributed by atoms with Gasteiger partial charge >= 0.3 is 0 Å². The molecule has 3 N–H and O–H groups in total. The number of fused-ring (bicyclic) bond motifs is 1. The number of para-hydroxylation sites is 1. The zero-order chi connectivity index (χ0) is 27.9. The minimum absolute atomic E-state index is 0.0607. The Morgan fingerprint density at radius 1 is 1.23 bits per heavy atom. The Labute approximate surface area is 235 Å². The topological polar surface area (TPSA) is 122 Å². The Bertz CT molecular complexity index is 1470. The van der Waals surface area contributed by atoms with E-state index in [4.69, 9.17) is 9.47 Å². The maximum atomic E-state index is 13.8. The summed E-state index contributed by atoms with van der Waals surface area (Å²) in [6.07, 6.45) is 6.12. The van der Waals surface area contributed by atoms with Crippen LogP contribution in [0.4, 0.5) is 21.0 Å². The maximum Gasteiger partial charge on any atom is 0.229 e. The number of amides is 1. The van der Waals surface area contributed by atoms with E-state index in [9.17, 15) is 14.3 Å². The Morgan fingerprint density at radius 3 is 2.92 bits per heavy atom. The molecule has 0 unspecified atom stereocenters. The smallest absolute Gasteiger partial charge is 0.229 e. The lowest BCUT2D eigenvalue weighted by Crippen LogP contribution is -2.33. The largest absolute Gasteiger partial charge is 0.493 e. The molecule has 1 aliphatic rings. The van der Waals surface area contributed by atoms with Crippen LogP contribution in [0.2, 0.25) is 0 Å². The summed E-state index contributed by atoms with van der Waals surface area (Å²) in [7, 11) is 1.58. The first-order valence-electron chi connectivity index (χ1n) is 13.1. The zero-order valence-corrected chi connectivity index (χ0v) is 22.9. The van der Waals surface area contributed by atoms with E-state index < -0.39 is 5.82 Å². The molecule has 4 aromatic rings. The predicted octanol–water partition coefficient (Wildman–Crippen LogP) is 4.38. The van der Waals surface area contributed by atoms with Gasteiger partial charge in [0.1, 0.15) is 18.0 Å². The van der Waals surface area contributed by atoms with Gasteiger partial charge in [-0.1, -0.05) is 12.1 Å². The molecule has 0 spiro atoms. The van der Waals surface area contributed by atoms with Crippen molar-refractivity contribution in [3.63, 3.8) is 0 Å². The number of halogens is 1. The normalized spacial score (nSPS) is 15.3. The van der Waals surface area contributed by atoms with Crippen molar-refractivity contribution in [3.8, 4) is 11.5 Å². The minimum Gasteiger partial charge on any atom is -0.493 e. The van der Waals surface area contributed by atoms with Gasteiger partial charge in [-0.3, -0.25) is 9.69 Å². The van der Waals surface area contributed by atoms with Crippen LogP contribution in [0.1, 0.15) is 24.1 Å². The highest BCUT2D eigenvalue weighted by molar-refractivity contribution is 7.15. The lowest BCUT2D eigenvalue weighted by atomic mass is 10.2. The van der Waals surface area contributed by atoms with Crippen LogP contribution in [0.5, 0.6) is 11.5 Å². The highest BCUT2D eigenvalue weighted by Gasteiger charge is 2.23. The molecule has 2 aromatic heterocycles. The van der Waals surface area contributed by atoms with Gasteiger partial charge in [-0.2, -0.15) is 0 Å². The van der Waals surface area contributed by atoms with E-state index in [-0.39, 0.29) is 30.7 Å². The molecule has 40 heavy (non-hydrogen) atoms. The van der Waals surface area contributed by atoms with Crippen molar-refractivity contribution in [2.75, 3.05) is 44.0 Å². The van der Waals surface area contributed by atoms with Gasteiger partial charge in [-0.15, -0.1) is 11.3 Å². The monoisotopic (exact) mass is 566 g/mol. The highest BCUT2D eigenvalue weighted by atomic mass is 32.1. The van der Waals surface area contributed by atoms with Crippen molar-refractivity contribution < 1.29 is 23.8 Å². The second kappa shape index (κ2) is 13.0. The number of ether oxygens (including phenoxy) is 2. The molecule has 1 saturated heterocycles. The molecule has 1 fully saturated rings. The standard InChI is InChI=1S/C28H31FN6O4S/c1-38-24-13-20-23(14-25(24)39-11-5-10-35-9-4-6-18(35)16-36)31-17-32-27(20)34-28-30-15-19(40-28)12-26(37)33-22-8-3-2-7-21(22)29/h2-3,7-8,13-15,17-18,36H,4-6,9-12,16H2,1H3,(H,33,37)(H,30,31,32,34)/t18-/m1/s1. The molecule has 2 aromatic carbocycles. The van der Waals surface area contributed by atoms with E-state index in [0.717, 1.165) is 37.7 Å². The Hall–Kier alpha value is -3.87. The average Bonchev–Trinajstić information content (AvgIpc) is 3.61. The quantitative estimate of drug-likeness (QED) is 0.214. The van der Waals surface area contributed by atoms with Crippen molar-refractivity contribution in [1.82, 2.24) is 19.9 Å². The Kier molecular flexibility index (Phi) is 8.99. The van der Waals surface area contributed by atoms with Crippen LogP contribution < -0.4 is 20.1 Å². The third kappa shape index (κ3) is 6.64. The number of aliphatic hydroxyl groups excluding tert-OH is 1. The summed E-state index contributed by atoms with van der Waals surface area (Å²) in [5, 5.41) is 16.6. The van der Waals surface area contributed by atoms with Crippen molar-refractivity contribution >= 4 is 44.8 Å². The van der Waals surface area contributed by atoms with Gasteiger partial charge < -0.3 is 25.2 Å². The van der Waals surface area contributed by atoms with E-state index in [1.807, 2.05) is 12.1 Å². The second-order valence-corrected chi connectivity index (χ2v) is 10.5. The van der Waals surface area contributed by atoms with Crippen LogP contribution in [-0.4, -0.2) is 70.3 Å². The fourth-order valence-corrected chi connectivity index (χ4v) is 5.56. The summed E-state index contributed by atoms with van der Waals surface area (Å²) < 4.78 is 25.5. The zero-order valence-electron chi connectivity index (χ0n) is 22.1. The number of rotatable bonds is 12. The number of carbonyl (C=O) groups excluding carboxylic acids is 1. The first kappa shape index (κ1) is 27.7. The van der Waals surface area contributed by atoms with Crippen molar-refractivity contribution in [2.24, 2.45) is 0 Å². The van der Waals surface area contributed by atoms with Gasteiger partial charge in [0.05, 0.1) is 37.9 Å². The molecular formula is C28H31FN6O4S. The first-order chi connectivity index (χ1) is 19.5. The number of nitrogens with zero attached hydrogens (tertiary/aromatic N) is 4. The summed E-state index contributed by atoms with van der Waals surface area (Å²) >= 11 is 1.31. The molecule has 0 bridgehead atoms. The molecule has 0 radical (unpaired) electrons. The van der Waals surface area contributed by atoms with Crippen LogP contribution in [0.15, 0.2) is 48.9 Å². The fraction of sp³-hybridized carbons (Fsp3) is 0.357. The number of aromatic nitrogens is 3. The lowest BCUT2D eigenvalue weighted by molar-refractivity contribution is -0.115. The van der Waals surface area contributed by atoms with Crippen molar-refractivity contribution in [1.29, 1.82) is 0 Å². The molecule has 12 heteroatoms. The number of thiazole rings is 1. The van der Waals surface area contributed by atoms with Crippen LogP contribution in [0.25, 0.3) is 10.9 Å². The molecule has 1 atom stereocenters. The molecule has 210 valence electrons. The van der Waals surface area contributed by atoms with Gasteiger partial charge in [0.15, 0.2) is 16.6 Å². The summed E-state index contributed by atoms with van der Waals surface area (Å²) in [4.78, 5) is 28.6. The van der Waals surface area contributed by atoms with Gasteiger partial charge in [0, 0.05) is 35.1 Å². The number of anilines is 3. The number of benzene rings is 2. The van der Waals surface area contributed by atoms with E-state index in [1.54, 1.807) is 25.4 Å². The summed E-state index contributed by atoms with van der Waals surface area (Å²) in [6, 6.07) is 9.94. The van der Waals surface area contributed by atoms with Gasteiger partial charge in [-0.25, -0.2) is 19.3 Å². The number of methoxy groups -OCH3 is 1. The molecular weight excluding hydrogens is 535 g/mol. The summed E-state index contributed by atoms with van der Waals surface area (Å²) in [5.74, 6) is 0.872. The van der Waals surface area contributed by atoms with Crippen LogP contribution in [0.3, 0.4) is 0 Å². The maximum absolute atomic E-state index is 13.8. The van der Waals surface area contributed by atoms with Crippen molar-refractivity contribution in [3.05, 3.63) is 59.6 Å². The van der Waals surface area contributed by atoms with Crippen LogP contribution in [0, 0.1) is 5.82 Å². The number of carbonyl (C=O) groups is 1. The number of likely N-dealkylation sites (tertiary alicyclic amines) is 1. The lowest BCUT2D eigenvalue weighted by Gasteiger charge is -2.22. The Morgan fingerprint density at radius 2 is 2.10 bits per heavy atom. The number of hydrogen-bond acceptors (Lipinski definition) is 10. The molecule has 3 heterocycles. The van der Waals surface area contributed by atoms with Gasteiger partial charge in [0.25, 0.3) is 0 Å². The third-order valence-electron chi connectivity index (χ3n) is 6.74. The molecule has 1 aliphatic heterocycles. The first-order valence-corrected chi connectivity index (χ1v) is 13.9. The number of hydrogen-bond donors (Lipinski definition) is 3. The molecule has 1 amide bonds. The average molecular weight is 567 g/mol. The highest BCUT2D eigenvalue weighted by Crippen LogP contribution is 2.35. The molecule has 10 nitrogen and oxygen atoms in total. The Balaban J connectivity index is 1.22. The van der Waals surface area contributed by atoms with E-state index in [0.29, 0.717) is 39.4 Å². The summed E-state index contributed by atoms with van der Waals surface area (Å²) in [5.41, 5.74) is 0.816. The number of nitrogens with one attached hydrogen (secondary N) is 2. The number of aliphatic hydroxyl groups is 1. The third-order valence-corrected chi connectivity index (χ3v) is 7.65. The summed E-state index contributed by atoms with van der Waals surface area (Å²) in [6.45, 7) is 2.60. The van der Waals surface area contributed by atoms with E-state index >= 15 is 0 Å². The molecule has 0 aliphatic carbocycles. The minimum atomic E-state index is -0.486. The molecule has 0 saturated carbocycles. The van der Waals surface area contributed by atoms with E-state index in [1.165, 1.54) is 29.8 Å². The van der Waals surface area contributed by atoms with Crippen molar-refractivity contribution in [2.45, 2.75) is 31.7 Å². The SMILES string of the molecule is COc1cc2c(Nc3ncc(CC(=O)Nc4ccccc4F)s3)ncnc2cc1OCCCN1CCC[C@@H]1CO. The predicted molar refractivity (Wildman–Crippen MR) is 152 cm³/mol. The van der Waals surface area contributed by atoms with Gasteiger partial charge in [0.2, 0.25) is 5.91 Å². The molecule has 5 rings (SSSR count).